The smallest absolute Gasteiger partial charge is 0.489 e. The maximum absolute atomic E-state index is 14.4. The Balaban J connectivity index is 0.939. The van der Waals surface area contributed by atoms with Gasteiger partial charge in [-0.2, -0.15) is 13.2 Å². The number of hydrogen-bond donors (Lipinski definition) is 2. The van der Waals surface area contributed by atoms with Crippen molar-refractivity contribution < 1.29 is 36.8 Å². The van der Waals surface area contributed by atoms with Crippen LogP contribution in [0.4, 0.5) is 36.4 Å². The van der Waals surface area contributed by atoms with Crippen molar-refractivity contribution in [2.75, 3.05) is 5.32 Å². The molecule has 0 unspecified atom stereocenters. The van der Waals surface area contributed by atoms with Crippen molar-refractivity contribution in [1.82, 2.24) is 14.0 Å². The summed E-state index contributed by atoms with van der Waals surface area (Å²) in [5.41, 5.74) is 4.02. The number of carbonyl (C=O) groups is 1. The summed E-state index contributed by atoms with van der Waals surface area (Å²) in [6, 6.07) is 42.1. The molecule has 106 heavy (non-hydrogen) atoms. The minimum absolute atomic E-state index is 0.190. The molecule has 4 heterocycles. The summed E-state index contributed by atoms with van der Waals surface area (Å²) in [7, 11) is 0.343. The van der Waals surface area contributed by atoms with Gasteiger partial charge in [0, 0.05) is 39.4 Å². The van der Waals surface area contributed by atoms with Crippen LogP contribution >= 0.6 is 0 Å². The molecule has 2 N–H and O–H groups in total. The number of rotatable bonds is 50. The fourth-order valence-electron chi connectivity index (χ4n) is 15.4. The summed E-state index contributed by atoms with van der Waals surface area (Å²) in [4.78, 5) is 27.5. The van der Waals surface area contributed by atoms with Gasteiger partial charge in [0.25, 0.3) is 0 Å². The zero-order valence-electron chi connectivity index (χ0n) is 64.9. The van der Waals surface area contributed by atoms with E-state index in [0.29, 0.717) is 73.6 Å². The van der Waals surface area contributed by atoms with Gasteiger partial charge in [-0.3, -0.25) is 0 Å². The predicted molar refractivity (Wildman–Crippen MR) is 435 cm³/mol. The minimum atomic E-state index is -5.28. The van der Waals surface area contributed by atoms with Gasteiger partial charge in [0.05, 0.1) is 0 Å². The fourth-order valence-corrected chi connectivity index (χ4v) is 15.4. The summed E-state index contributed by atoms with van der Waals surface area (Å²) < 4.78 is 72.3. The number of aryl methyl sites for hydroxylation is 3. The molecule has 0 radical (unpaired) electrons. The highest BCUT2D eigenvalue weighted by Crippen LogP contribution is 2.44. The van der Waals surface area contributed by atoms with Crippen LogP contribution in [0.3, 0.4) is 0 Å². The number of ether oxygens (including phenoxy) is 3. The van der Waals surface area contributed by atoms with Gasteiger partial charge in [-0.15, -0.1) is 0 Å². The molecule has 0 aliphatic carbocycles. The third kappa shape index (κ3) is 24.5. The topological polar surface area (TPSA) is 116 Å². The number of aromatic amines is 1. The number of anilines is 2. The van der Waals surface area contributed by atoms with Crippen molar-refractivity contribution in [2.24, 2.45) is 17.0 Å². The molecule has 0 spiro atoms. The number of H-pyrrole nitrogens is 1. The molecule has 6 bridgehead atoms. The van der Waals surface area contributed by atoms with Crippen molar-refractivity contribution >= 4 is 68.6 Å². The lowest BCUT2D eigenvalue weighted by molar-refractivity contribution is -0.190. The molecule has 9 aromatic rings. The van der Waals surface area contributed by atoms with E-state index in [1.807, 2.05) is 96.5 Å². The molecule has 3 aromatic heterocycles. The second-order valence-electron chi connectivity index (χ2n) is 30.3. The zero-order chi connectivity index (χ0) is 74.1. The molecule has 0 saturated heterocycles. The summed E-state index contributed by atoms with van der Waals surface area (Å²) >= 11 is 0. The number of benzene rings is 6. The Bertz CT molecular complexity index is 4290. The molecule has 0 amide bonds. The first-order chi connectivity index (χ1) is 51.9. The van der Waals surface area contributed by atoms with Crippen molar-refractivity contribution in [3.05, 3.63) is 155 Å². The average molecular weight is 1450 g/mol. The second-order valence-corrected chi connectivity index (χ2v) is 30.3. The van der Waals surface area contributed by atoms with Gasteiger partial charge in [0.2, 0.25) is 0 Å². The highest BCUT2D eigenvalue weighted by Gasteiger charge is 2.43. The maximum Gasteiger partial charge on any atom is 0.489 e. The quantitative estimate of drug-likeness (QED) is 0.0290. The van der Waals surface area contributed by atoms with Crippen LogP contribution in [0.5, 0.6) is 34.5 Å². The Morgan fingerprint density at radius 1 is 0.396 bits per heavy atom. The fraction of sp³-hybridized carbons (Fsp3) is 0.527. The Morgan fingerprint density at radius 2 is 0.736 bits per heavy atom. The Labute approximate surface area is 631 Å². The van der Waals surface area contributed by atoms with Gasteiger partial charge in [-0.1, -0.05) is 288 Å². The lowest BCUT2D eigenvalue weighted by Gasteiger charge is -2.14. The van der Waals surface area contributed by atoms with Crippen LogP contribution in [-0.2, 0) is 35.8 Å². The van der Waals surface area contributed by atoms with Crippen LogP contribution in [0.2, 0.25) is 6.82 Å². The minimum Gasteiger partial charge on any atom is -0.508 e. The first kappa shape index (κ1) is 80.6. The van der Waals surface area contributed by atoms with Gasteiger partial charge in [-0.05, 0) is 153 Å². The molecular formula is C91H122BF3N6O5. The van der Waals surface area contributed by atoms with Crippen molar-refractivity contribution in [3.8, 4) is 34.5 Å². The van der Waals surface area contributed by atoms with Gasteiger partial charge >= 0.3 is 19.2 Å². The van der Waals surface area contributed by atoms with E-state index in [0.717, 1.165) is 55.0 Å². The lowest BCUT2D eigenvalue weighted by Crippen LogP contribution is -2.44. The third-order valence-electron chi connectivity index (χ3n) is 21.5. The van der Waals surface area contributed by atoms with Crippen LogP contribution in [0, 0.1) is 0 Å². The lowest BCUT2D eigenvalue weighted by atomic mass is 9.87. The molecule has 15 heteroatoms. The van der Waals surface area contributed by atoms with E-state index in [9.17, 15) is 18.0 Å². The van der Waals surface area contributed by atoms with Crippen LogP contribution in [-0.4, -0.2) is 33.2 Å². The first-order valence-electron chi connectivity index (χ1n) is 41.6. The number of fused-ring (bicyclic) bond motifs is 15. The largest absolute Gasteiger partial charge is 0.508 e. The standard InChI is InChI=1S/C91H122BF3N6O5/c1-6-9-12-15-18-21-24-27-30-33-36-39-42-48-69-51-45-54-72(63-69)103-75-57-60-78-81(66-75)85-96-84(78)98-89-83-68-77(105-74-56-47-53-71(65-74)50-44-41-38-35-32-29-26-23-20-17-14-11-8-3)59-62-80(83)88(101(89)92(4)106-90(102)91(93,94)95)99-87-82-67-76(58-61-79(82)86(97-85)100(87)5)104-73-55-46-52-70(64-73)49-43-40-37-34-31-28-25-22-19-16-13-10-7-2/h45-47,51-68,96-97H,6-44,48-50H2,1-5H3. The molecular weight excluding hydrogens is 1320 g/mol. The van der Waals surface area contributed by atoms with E-state index in [2.05, 4.69) is 73.5 Å². The van der Waals surface area contributed by atoms with Gasteiger partial charge < -0.3 is 38.2 Å². The second kappa shape index (κ2) is 43.2. The molecule has 0 atom stereocenters. The van der Waals surface area contributed by atoms with Crippen LogP contribution < -0.4 is 30.5 Å². The summed E-state index contributed by atoms with van der Waals surface area (Å²) in [5.74, 6) is 3.52. The molecule has 1 aliphatic heterocycles. The van der Waals surface area contributed by atoms with E-state index < -0.39 is 19.2 Å². The highest BCUT2D eigenvalue weighted by atomic mass is 19.4. The molecule has 0 saturated carbocycles. The number of carbonyl (C=O) groups excluding carboxylic acids is 1. The van der Waals surface area contributed by atoms with Crippen LogP contribution in [0.25, 0.3) is 32.3 Å². The summed E-state index contributed by atoms with van der Waals surface area (Å²) in [5, 5.41) is 7.75. The first-order valence-corrected chi connectivity index (χ1v) is 41.6. The van der Waals surface area contributed by atoms with E-state index in [-0.39, 0.29) is 11.0 Å². The van der Waals surface area contributed by atoms with Gasteiger partial charge in [-0.25, -0.2) is 14.8 Å². The van der Waals surface area contributed by atoms with E-state index in [1.165, 1.54) is 259 Å². The van der Waals surface area contributed by atoms with E-state index in [4.69, 9.17) is 28.8 Å². The van der Waals surface area contributed by atoms with E-state index in [1.54, 1.807) is 0 Å². The number of unbranched alkanes of at least 4 members (excludes halogenated alkanes) is 36. The van der Waals surface area contributed by atoms with E-state index >= 15 is 0 Å². The van der Waals surface area contributed by atoms with Crippen molar-refractivity contribution in [2.45, 2.75) is 303 Å². The number of hydrogen-bond acceptors (Lipinski definition) is 8. The number of nitrogens with zero attached hydrogens (tertiary/aromatic N) is 4. The number of nitrogens with one attached hydrogen (secondary N) is 2. The Hall–Kier alpha value is -7.94. The molecule has 10 rings (SSSR count). The molecule has 11 nitrogen and oxygen atoms in total. The van der Waals surface area contributed by atoms with Gasteiger partial charge in [0.1, 0.15) is 68.7 Å². The van der Waals surface area contributed by atoms with Crippen molar-refractivity contribution in [3.63, 3.8) is 0 Å². The van der Waals surface area contributed by atoms with Crippen molar-refractivity contribution in [1.29, 1.82) is 0 Å². The Morgan fingerprint density at radius 3 is 1.13 bits per heavy atom. The predicted octanol–water partition coefficient (Wildman–Crippen LogP) is 27.9. The summed E-state index contributed by atoms with van der Waals surface area (Å²) in [6.07, 6.45) is 48.4. The third-order valence-corrected chi connectivity index (χ3v) is 21.5. The normalized spacial score (nSPS) is 12.1. The number of alkyl halides is 3. The van der Waals surface area contributed by atoms with Crippen LogP contribution in [0.1, 0.15) is 288 Å². The summed E-state index contributed by atoms with van der Waals surface area (Å²) in [6.45, 7) is 8.24. The molecule has 6 aromatic carbocycles. The Kier molecular flexibility index (Phi) is 32.8. The molecule has 1 aliphatic rings. The highest BCUT2D eigenvalue weighted by molar-refractivity contribution is 6.50. The number of aromatic nitrogens is 3. The van der Waals surface area contributed by atoms with Gasteiger partial charge in [0.15, 0.2) is 0 Å². The van der Waals surface area contributed by atoms with Crippen LogP contribution in [0.15, 0.2) is 137 Å². The zero-order valence-corrected chi connectivity index (χ0v) is 64.9. The maximum atomic E-state index is 14.4. The monoisotopic (exact) mass is 1450 g/mol. The SMILES string of the molecule is CCCCCCCCCCCCCCCc1cccc(Oc2ccc3c4[nH]c(c3c2)Nc2c3ccc(Oc5cccc(CCCCCCCCCCCCCCC)c5)cc3c(n2C)N=c2c3ccc(Oc5cccc(CCCCCCCCCCCCCCC)c5)cc3c(n2B(C)OC(=O)C(F)(F)F)=N4)c1. The number of halogens is 3. The average Bonchev–Trinajstić information content (AvgIpc) is 1.57. The molecule has 570 valence electrons. The molecule has 0 fully saturated rings.